The first kappa shape index (κ1) is 16.5. The highest BCUT2D eigenvalue weighted by Crippen LogP contribution is 2.15. The zero-order chi connectivity index (χ0) is 16.7. The number of carbonyl (C=O) groups is 2. The lowest BCUT2D eigenvalue weighted by molar-refractivity contribution is -0.130. The minimum Gasteiger partial charge on any atom is -0.484 e. The molecule has 0 aliphatic heterocycles. The van der Waals surface area contributed by atoms with E-state index in [0.29, 0.717) is 12.3 Å². The number of amides is 2. The molecule has 8 nitrogen and oxygen atoms in total. The van der Waals surface area contributed by atoms with Gasteiger partial charge in [-0.2, -0.15) is 5.10 Å². The average Bonchev–Trinajstić information content (AvgIpc) is 3.01. The Bertz CT molecular complexity index is 650. The predicted octanol–water partition coefficient (Wildman–Crippen LogP) is 0.511. The van der Waals surface area contributed by atoms with Gasteiger partial charge in [0, 0.05) is 6.42 Å². The van der Waals surface area contributed by atoms with Crippen LogP contribution in [0, 0.1) is 13.8 Å². The smallest absolute Gasteiger partial charge is 0.276 e. The Balaban J connectivity index is 1.67. The Labute approximate surface area is 133 Å². The summed E-state index contributed by atoms with van der Waals surface area (Å²) in [6.07, 6.45) is 3.09. The quantitative estimate of drug-likeness (QED) is 0.757. The van der Waals surface area contributed by atoms with Crippen LogP contribution >= 0.6 is 0 Å². The van der Waals surface area contributed by atoms with Gasteiger partial charge in [0.2, 0.25) is 5.91 Å². The number of hydrazine groups is 1. The zero-order valence-corrected chi connectivity index (χ0v) is 13.1. The fourth-order valence-electron chi connectivity index (χ4n) is 1.97. The van der Waals surface area contributed by atoms with E-state index in [2.05, 4.69) is 20.9 Å². The summed E-state index contributed by atoms with van der Waals surface area (Å²) < 4.78 is 6.93. The first-order valence-corrected chi connectivity index (χ1v) is 7.14. The maximum Gasteiger partial charge on any atom is 0.276 e. The summed E-state index contributed by atoms with van der Waals surface area (Å²) in [5.41, 5.74) is 6.74. The summed E-state index contributed by atoms with van der Waals surface area (Å²) >= 11 is 0. The second kappa shape index (κ2) is 7.92. The number of nitrogens with one attached hydrogen (secondary N) is 2. The van der Waals surface area contributed by atoms with Gasteiger partial charge in [0.05, 0.1) is 6.54 Å². The van der Waals surface area contributed by atoms with Crippen LogP contribution in [0.25, 0.3) is 0 Å². The van der Waals surface area contributed by atoms with Crippen molar-refractivity contribution in [3.8, 4) is 5.75 Å². The average molecular weight is 317 g/mol. The number of rotatable bonds is 6. The Kier molecular flexibility index (Phi) is 5.67. The SMILES string of the molecule is Cc1cc(C)cc(OCC(=O)NNC(=O)CCn2cncn2)c1. The molecule has 2 rings (SSSR count). The van der Waals surface area contributed by atoms with Crippen LogP contribution in [0.15, 0.2) is 30.9 Å². The first-order chi connectivity index (χ1) is 11.0. The monoisotopic (exact) mass is 317 g/mol. The van der Waals surface area contributed by atoms with E-state index >= 15 is 0 Å². The zero-order valence-electron chi connectivity index (χ0n) is 13.1. The molecular formula is C15H19N5O3. The minimum atomic E-state index is -0.432. The Hall–Kier alpha value is -2.90. The summed E-state index contributed by atoms with van der Waals surface area (Å²) in [5, 5.41) is 3.88. The van der Waals surface area contributed by atoms with Crippen molar-refractivity contribution in [2.24, 2.45) is 0 Å². The second-order valence-corrected chi connectivity index (χ2v) is 5.12. The summed E-state index contributed by atoms with van der Waals surface area (Å²) in [6, 6.07) is 5.70. The second-order valence-electron chi connectivity index (χ2n) is 5.12. The van der Waals surface area contributed by atoms with Crippen molar-refractivity contribution in [2.45, 2.75) is 26.8 Å². The summed E-state index contributed by atoms with van der Waals surface area (Å²) in [7, 11) is 0. The van der Waals surface area contributed by atoms with E-state index in [-0.39, 0.29) is 18.9 Å². The van der Waals surface area contributed by atoms with E-state index in [0.717, 1.165) is 11.1 Å². The van der Waals surface area contributed by atoms with Crippen LogP contribution in [-0.4, -0.2) is 33.2 Å². The van der Waals surface area contributed by atoms with E-state index in [1.54, 1.807) is 0 Å². The normalized spacial score (nSPS) is 10.2. The molecule has 1 aromatic carbocycles. The van der Waals surface area contributed by atoms with E-state index in [4.69, 9.17) is 4.74 Å². The number of ether oxygens (including phenoxy) is 1. The van der Waals surface area contributed by atoms with Gasteiger partial charge < -0.3 is 4.74 Å². The van der Waals surface area contributed by atoms with Gasteiger partial charge in [-0.3, -0.25) is 25.1 Å². The highest BCUT2D eigenvalue weighted by Gasteiger charge is 2.06. The molecule has 0 saturated heterocycles. The highest BCUT2D eigenvalue weighted by molar-refractivity contribution is 5.82. The van der Waals surface area contributed by atoms with Gasteiger partial charge in [-0.05, 0) is 37.1 Å². The van der Waals surface area contributed by atoms with Crippen LogP contribution in [0.1, 0.15) is 17.5 Å². The Morgan fingerprint density at radius 3 is 2.48 bits per heavy atom. The molecule has 0 unspecified atom stereocenters. The molecule has 8 heteroatoms. The van der Waals surface area contributed by atoms with Crippen LogP contribution in [0.2, 0.25) is 0 Å². The number of hydrogen-bond acceptors (Lipinski definition) is 5. The molecule has 0 aliphatic carbocycles. The van der Waals surface area contributed by atoms with E-state index in [9.17, 15) is 9.59 Å². The lowest BCUT2D eigenvalue weighted by atomic mass is 10.1. The third kappa shape index (κ3) is 5.77. The lowest BCUT2D eigenvalue weighted by Crippen LogP contribution is -2.44. The van der Waals surface area contributed by atoms with E-state index in [1.807, 2.05) is 32.0 Å². The molecular weight excluding hydrogens is 298 g/mol. The highest BCUT2D eigenvalue weighted by atomic mass is 16.5. The van der Waals surface area contributed by atoms with E-state index < -0.39 is 5.91 Å². The molecule has 0 aliphatic rings. The summed E-state index contributed by atoms with van der Waals surface area (Å²) in [6.45, 7) is 4.12. The molecule has 1 heterocycles. The Morgan fingerprint density at radius 1 is 1.13 bits per heavy atom. The molecule has 2 N–H and O–H groups in total. The fraction of sp³-hybridized carbons (Fsp3) is 0.333. The molecule has 1 aromatic heterocycles. The lowest BCUT2D eigenvalue weighted by Gasteiger charge is -2.10. The van der Waals surface area contributed by atoms with Gasteiger partial charge >= 0.3 is 0 Å². The summed E-state index contributed by atoms with van der Waals surface area (Å²) in [4.78, 5) is 27.0. The van der Waals surface area contributed by atoms with Gasteiger partial charge in [0.1, 0.15) is 18.4 Å². The molecule has 0 bridgehead atoms. The third-order valence-corrected chi connectivity index (χ3v) is 2.94. The van der Waals surface area contributed by atoms with Gasteiger partial charge in [0.15, 0.2) is 6.61 Å². The number of aryl methyl sites for hydroxylation is 3. The van der Waals surface area contributed by atoms with Crippen molar-refractivity contribution in [3.05, 3.63) is 42.0 Å². The molecule has 0 fully saturated rings. The van der Waals surface area contributed by atoms with Crippen LogP contribution in [0.4, 0.5) is 0 Å². The maximum absolute atomic E-state index is 11.6. The molecule has 0 spiro atoms. The van der Waals surface area contributed by atoms with E-state index in [1.165, 1.54) is 17.3 Å². The topological polar surface area (TPSA) is 98.1 Å². The third-order valence-electron chi connectivity index (χ3n) is 2.94. The number of nitrogens with zero attached hydrogens (tertiary/aromatic N) is 3. The minimum absolute atomic E-state index is 0.174. The van der Waals surface area contributed by atoms with Gasteiger partial charge in [0.25, 0.3) is 5.91 Å². The number of benzene rings is 1. The standard InChI is InChI=1S/C15H19N5O3/c1-11-5-12(2)7-13(6-11)23-8-15(22)19-18-14(21)3-4-20-10-16-9-17-20/h5-7,9-10H,3-4,8H2,1-2H3,(H,18,21)(H,19,22). The fourth-order valence-corrected chi connectivity index (χ4v) is 1.97. The van der Waals surface area contributed by atoms with Crippen molar-refractivity contribution >= 4 is 11.8 Å². The van der Waals surface area contributed by atoms with Crippen molar-refractivity contribution in [1.29, 1.82) is 0 Å². The van der Waals surface area contributed by atoms with Gasteiger partial charge in [-0.15, -0.1) is 0 Å². The number of carbonyl (C=O) groups excluding carboxylic acids is 2. The number of aromatic nitrogens is 3. The van der Waals surface area contributed by atoms with Gasteiger partial charge in [-0.25, -0.2) is 4.98 Å². The molecule has 0 saturated carbocycles. The first-order valence-electron chi connectivity index (χ1n) is 7.14. The van der Waals surface area contributed by atoms with Crippen molar-refractivity contribution < 1.29 is 14.3 Å². The number of hydrogen-bond donors (Lipinski definition) is 2. The van der Waals surface area contributed by atoms with Crippen LogP contribution in [-0.2, 0) is 16.1 Å². The van der Waals surface area contributed by atoms with Crippen molar-refractivity contribution in [3.63, 3.8) is 0 Å². The maximum atomic E-state index is 11.6. The predicted molar refractivity (Wildman–Crippen MR) is 82.3 cm³/mol. The molecule has 122 valence electrons. The summed E-state index contributed by atoms with van der Waals surface area (Å²) in [5.74, 6) is -0.131. The van der Waals surface area contributed by atoms with Crippen LogP contribution in [0.5, 0.6) is 5.75 Å². The van der Waals surface area contributed by atoms with Crippen LogP contribution in [0.3, 0.4) is 0 Å². The molecule has 0 atom stereocenters. The molecule has 23 heavy (non-hydrogen) atoms. The Morgan fingerprint density at radius 2 is 1.83 bits per heavy atom. The van der Waals surface area contributed by atoms with Gasteiger partial charge in [-0.1, -0.05) is 6.07 Å². The van der Waals surface area contributed by atoms with Crippen LogP contribution < -0.4 is 15.6 Å². The van der Waals surface area contributed by atoms with Crippen molar-refractivity contribution in [2.75, 3.05) is 6.61 Å². The van der Waals surface area contributed by atoms with Crippen molar-refractivity contribution in [1.82, 2.24) is 25.6 Å². The molecule has 2 amide bonds. The largest absolute Gasteiger partial charge is 0.484 e. The molecule has 2 aromatic rings. The molecule has 0 radical (unpaired) electrons.